The van der Waals surface area contributed by atoms with Crippen LogP contribution >= 0.6 is 0 Å². The highest BCUT2D eigenvalue weighted by molar-refractivity contribution is 5.81. The first-order chi connectivity index (χ1) is 10.8. The zero-order valence-electron chi connectivity index (χ0n) is 15.1. The molecule has 1 aromatic heterocycles. The van der Waals surface area contributed by atoms with E-state index in [1.54, 1.807) is 0 Å². The molecule has 23 heavy (non-hydrogen) atoms. The summed E-state index contributed by atoms with van der Waals surface area (Å²) in [6.07, 6.45) is 2.97. The first kappa shape index (κ1) is 17.7. The number of aromatic nitrogens is 2. The van der Waals surface area contributed by atoms with E-state index in [9.17, 15) is 4.79 Å². The molecule has 0 radical (unpaired) electrons. The summed E-state index contributed by atoms with van der Waals surface area (Å²) in [7, 11) is 1.96. The molecule has 1 aromatic carbocycles. The number of hydrogen-bond acceptors (Lipinski definition) is 3. The summed E-state index contributed by atoms with van der Waals surface area (Å²) in [5.41, 5.74) is 1.97. The minimum absolute atomic E-state index is 0.0432. The lowest BCUT2D eigenvalue weighted by Crippen LogP contribution is -2.31. The monoisotopic (exact) mass is 315 g/mol. The van der Waals surface area contributed by atoms with Crippen LogP contribution in [0.5, 0.6) is 0 Å². The highest BCUT2D eigenvalue weighted by Gasteiger charge is 2.18. The fourth-order valence-corrected chi connectivity index (χ4v) is 2.89. The van der Waals surface area contributed by atoms with Gasteiger partial charge in [0.15, 0.2) is 0 Å². The Kier molecular flexibility index (Phi) is 5.58. The van der Waals surface area contributed by atoms with E-state index in [4.69, 9.17) is 4.98 Å². The molecular formula is C19H29N3O. The van der Waals surface area contributed by atoms with Gasteiger partial charge in [-0.25, -0.2) is 4.98 Å². The largest absolute Gasteiger partial charge is 0.320 e. The molecule has 0 spiro atoms. The van der Waals surface area contributed by atoms with Crippen molar-refractivity contribution in [2.75, 3.05) is 13.6 Å². The summed E-state index contributed by atoms with van der Waals surface area (Å²) in [5.74, 6) is 0.916. The predicted molar refractivity (Wildman–Crippen MR) is 97.1 cm³/mol. The molecule has 0 bridgehead atoms. The Hall–Kier alpha value is -1.68. The number of fused-ring (bicyclic) bond motifs is 1. The van der Waals surface area contributed by atoms with E-state index < -0.39 is 0 Å². The van der Waals surface area contributed by atoms with Gasteiger partial charge in [-0.1, -0.05) is 32.9 Å². The lowest BCUT2D eigenvalue weighted by molar-refractivity contribution is 0.330. The maximum atomic E-state index is 13.0. The Morgan fingerprint density at radius 2 is 1.96 bits per heavy atom. The van der Waals surface area contributed by atoms with E-state index in [0.717, 1.165) is 48.1 Å². The molecule has 0 atom stereocenters. The topological polar surface area (TPSA) is 46.9 Å². The third kappa shape index (κ3) is 4.41. The molecule has 1 N–H and O–H groups in total. The zero-order valence-corrected chi connectivity index (χ0v) is 15.1. The van der Waals surface area contributed by atoms with Crippen LogP contribution in [0.25, 0.3) is 10.9 Å². The molecule has 0 saturated heterocycles. The van der Waals surface area contributed by atoms with Gasteiger partial charge in [0.2, 0.25) is 0 Å². The third-order valence-corrected chi connectivity index (χ3v) is 3.98. The standard InChI is InChI=1S/C19H29N3O/c1-14-9-8-10-15-17(14)18(23)22(13-19(2,3)4)16(21-15)11-6-7-12-20-5/h8-10,20H,6-7,11-13H2,1-5H3. The fraction of sp³-hybridized carbons (Fsp3) is 0.579. The predicted octanol–water partition coefficient (Wildman–Crippen LogP) is 3.29. The summed E-state index contributed by atoms with van der Waals surface area (Å²) < 4.78 is 1.90. The fourth-order valence-electron chi connectivity index (χ4n) is 2.89. The van der Waals surface area contributed by atoms with Gasteiger partial charge in [-0.2, -0.15) is 0 Å². The van der Waals surface area contributed by atoms with Crippen LogP contribution < -0.4 is 10.9 Å². The van der Waals surface area contributed by atoms with Crippen LogP contribution in [0.1, 0.15) is 45.0 Å². The smallest absolute Gasteiger partial charge is 0.261 e. The first-order valence-electron chi connectivity index (χ1n) is 8.47. The van der Waals surface area contributed by atoms with E-state index in [2.05, 4.69) is 26.1 Å². The second-order valence-corrected chi connectivity index (χ2v) is 7.51. The molecule has 1 heterocycles. The molecule has 0 fully saturated rings. The molecule has 0 aliphatic rings. The zero-order chi connectivity index (χ0) is 17.0. The Bertz CT molecular complexity index is 726. The lowest BCUT2D eigenvalue weighted by atomic mass is 9.96. The number of nitrogens with zero attached hydrogens (tertiary/aromatic N) is 2. The van der Waals surface area contributed by atoms with Gasteiger partial charge in [-0.3, -0.25) is 9.36 Å². The molecule has 4 nitrogen and oxygen atoms in total. The van der Waals surface area contributed by atoms with Gasteiger partial charge in [0.1, 0.15) is 5.82 Å². The molecule has 2 rings (SSSR count). The Morgan fingerprint density at radius 3 is 2.61 bits per heavy atom. The van der Waals surface area contributed by atoms with Gasteiger partial charge in [0.25, 0.3) is 5.56 Å². The van der Waals surface area contributed by atoms with E-state index >= 15 is 0 Å². The Balaban J connectivity index is 2.49. The van der Waals surface area contributed by atoms with Crippen LogP contribution in [0.2, 0.25) is 0 Å². The molecule has 126 valence electrons. The highest BCUT2D eigenvalue weighted by Crippen LogP contribution is 2.19. The Labute approximate surface area is 138 Å². The molecular weight excluding hydrogens is 286 g/mol. The van der Waals surface area contributed by atoms with Gasteiger partial charge in [0.05, 0.1) is 10.9 Å². The van der Waals surface area contributed by atoms with Crippen molar-refractivity contribution in [1.29, 1.82) is 0 Å². The maximum Gasteiger partial charge on any atom is 0.261 e. The number of unbranched alkanes of at least 4 members (excludes halogenated alkanes) is 1. The molecule has 0 saturated carbocycles. The Morgan fingerprint density at radius 1 is 1.22 bits per heavy atom. The number of rotatable bonds is 6. The number of nitrogens with one attached hydrogen (secondary N) is 1. The summed E-state index contributed by atoms with van der Waals surface area (Å²) in [4.78, 5) is 17.9. The molecule has 0 aliphatic heterocycles. The van der Waals surface area contributed by atoms with Gasteiger partial charge in [-0.15, -0.1) is 0 Å². The van der Waals surface area contributed by atoms with Crippen molar-refractivity contribution in [3.05, 3.63) is 39.9 Å². The van der Waals surface area contributed by atoms with Crippen molar-refractivity contribution < 1.29 is 0 Å². The van der Waals surface area contributed by atoms with E-state index in [1.807, 2.05) is 36.7 Å². The number of benzene rings is 1. The highest BCUT2D eigenvalue weighted by atomic mass is 16.1. The average Bonchev–Trinajstić information content (AvgIpc) is 2.46. The lowest BCUT2D eigenvalue weighted by Gasteiger charge is -2.23. The SMILES string of the molecule is CNCCCCc1nc2cccc(C)c2c(=O)n1CC(C)(C)C. The maximum absolute atomic E-state index is 13.0. The molecule has 0 aliphatic carbocycles. The van der Waals surface area contributed by atoms with Crippen LogP contribution in [0.15, 0.2) is 23.0 Å². The van der Waals surface area contributed by atoms with Crippen LogP contribution in [0.4, 0.5) is 0 Å². The van der Waals surface area contributed by atoms with Crippen LogP contribution in [-0.4, -0.2) is 23.1 Å². The van der Waals surface area contributed by atoms with Gasteiger partial charge < -0.3 is 5.32 Å². The van der Waals surface area contributed by atoms with Crippen molar-refractivity contribution in [2.45, 2.75) is 53.5 Å². The quantitative estimate of drug-likeness (QED) is 0.832. The van der Waals surface area contributed by atoms with Gasteiger partial charge >= 0.3 is 0 Å². The molecule has 4 heteroatoms. The first-order valence-corrected chi connectivity index (χ1v) is 8.47. The minimum atomic E-state index is 0.0432. The van der Waals surface area contributed by atoms with E-state index in [0.29, 0.717) is 6.54 Å². The number of hydrogen-bond donors (Lipinski definition) is 1. The van der Waals surface area contributed by atoms with Crippen molar-refractivity contribution >= 4 is 10.9 Å². The van der Waals surface area contributed by atoms with Crippen LogP contribution in [0, 0.1) is 12.3 Å². The minimum Gasteiger partial charge on any atom is -0.320 e. The summed E-state index contributed by atoms with van der Waals surface area (Å²) >= 11 is 0. The van der Waals surface area contributed by atoms with E-state index in [1.165, 1.54) is 0 Å². The number of aryl methyl sites for hydroxylation is 2. The van der Waals surface area contributed by atoms with Crippen molar-refractivity contribution in [3.63, 3.8) is 0 Å². The second-order valence-electron chi connectivity index (χ2n) is 7.51. The average molecular weight is 315 g/mol. The van der Waals surface area contributed by atoms with Crippen LogP contribution in [-0.2, 0) is 13.0 Å². The molecule has 0 unspecified atom stereocenters. The molecule has 2 aromatic rings. The third-order valence-electron chi connectivity index (χ3n) is 3.98. The van der Waals surface area contributed by atoms with Crippen molar-refractivity contribution in [1.82, 2.24) is 14.9 Å². The van der Waals surface area contributed by atoms with Gasteiger partial charge in [-0.05, 0) is 50.4 Å². The van der Waals surface area contributed by atoms with Gasteiger partial charge in [0, 0.05) is 13.0 Å². The second kappa shape index (κ2) is 7.26. The molecule has 0 amide bonds. The summed E-state index contributed by atoms with van der Waals surface area (Å²) in [6, 6.07) is 5.91. The van der Waals surface area contributed by atoms with Crippen LogP contribution in [0.3, 0.4) is 0 Å². The normalized spacial score (nSPS) is 12.0. The summed E-state index contributed by atoms with van der Waals surface area (Å²) in [5, 5.41) is 3.93. The van der Waals surface area contributed by atoms with Crippen molar-refractivity contribution in [2.24, 2.45) is 5.41 Å². The van der Waals surface area contributed by atoms with Crippen molar-refractivity contribution in [3.8, 4) is 0 Å². The summed E-state index contributed by atoms with van der Waals surface area (Å²) in [6.45, 7) is 10.2. The van der Waals surface area contributed by atoms with E-state index in [-0.39, 0.29) is 11.0 Å².